The Morgan fingerprint density at radius 2 is 1.88 bits per heavy atom. The summed E-state index contributed by atoms with van der Waals surface area (Å²) in [6.45, 7) is 5.73. The van der Waals surface area contributed by atoms with Gasteiger partial charge in [0.25, 0.3) is 10.0 Å². The average Bonchev–Trinajstić information content (AvgIpc) is 2.59. The molecule has 0 bridgehead atoms. The quantitative estimate of drug-likeness (QED) is 0.734. The fourth-order valence-corrected chi connectivity index (χ4v) is 3.42. The Bertz CT molecular complexity index is 913. The molecular weight excluding hydrogens is 376 g/mol. The first kappa shape index (κ1) is 20.1. The second-order valence-electron chi connectivity index (χ2n) is 5.56. The van der Waals surface area contributed by atoms with E-state index in [1.54, 1.807) is 32.0 Å². The number of hydrogen-bond donors (Lipinski definition) is 2. The molecule has 2 N–H and O–H groups in total. The van der Waals surface area contributed by atoms with Gasteiger partial charge in [0.2, 0.25) is 5.91 Å². The Kier molecular flexibility index (Phi) is 6.50. The molecule has 140 valence electrons. The largest absolute Gasteiger partial charge is 0.492 e. The molecule has 2 aromatic rings. The monoisotopic (exact) mass is 396 g/mol. The van der Waals surface area contributed by atoms with Gasteiger partial charge >= 0.3 is 0 Å². The van der Waals surface area contributed by atoms with E-state index in [1.807, 2.05) is 6.92 Å². The van der Waals surface area contributed by atoms with Gasteiger partial charge in [-0.2, -0.15) is 0 Å². The van der Waals surface area contributed by atoms with E-state index < -0.39 is 10.0 Å². The summed E-state index contributed by atoms with van der Waals surface area (Å²) in [6.07, 6.45) is 0.267. The van der Waals surface area contributed by atoms with Crippen LogP contribution in [-0.4, -0.2) is 20.9 Å². The zero-order valence-electron chi connectivity index (χ0n) is 14.8. The fraction of sp³-hybridized carbons (Fsp3) is 0.278. The first-order valence-electron chi connectivity index (χ1n) is 8.12. The van der Waals surface area contributed by atoms with Gasteiger partial charge < -0.3 is 10.1 Å². The number of benzene rings is 2. The molecule has 0 fully saturated rings. The number of hydrogen-bond acceptors (Lipinski definition) is 4. The van der Waals surface area contributed by atoms with E-state index >= 15 is 0 Å². The second-order valence-corrected chi connectivity index (χ2v) is 7.65. The van der Waals surface area contributed by atoms with E-state index in [0.29, 0.717) is 28.8 Å². The van der Waals surface area contributed by atoms with Crippen molar-refractivity contribution in [1.82, 2.24) is 0 Å². The van der Waals surface area contributed by atoms with Crippen molar-refractivity contribution in [3.63, 3.8) is 0 Å². The van der Waals surface area contributed by atoms with Crippen LogP contribution in [0.5, 0.6) is 5.75 Å². The van der Waals surface area contributed by atoms with Gasteiger partial charge in [0.05, 0.1) is 22.9 Å². The molecule has 0 atom stereocenters. The number of anilines is 2. The minimum atomic E-state index is -3.86. The average molecular weight is 397 g/mol. The van der Waals surface area contributed by atoms with Crippen LogP contribution in [0.1, 0.15) is 25.8 Å². The number of aryl methyl sites for hydroxylation is 1. The van der Waals surface area contributed by atoms with E-state index in [2.05, 4.69) is 10.0 Å². The molecular formula is C18H21ClN2O4S. The first-order chi connectivity index (χ1) is 12.3. The maximum atomic E-state index is 12.7. The van der Waals surface area contributed by atoms with Crippen LogP contribution in [0, 0.1) is 6.92 Å². The minimum Gasteiger partial charge on any atom is -0.492 e. The Hall–Kier alpha value is -2.25. The van der Waals surface area contributed by atoms with Crippen molar-refractivity contribution in [2.75, 3.05) is 16.6 Å². The lowest BCUT2D eigenvalue weighted by molar-refractivity contribution is -0.115. The molecule has 1 amide bonds. The standard InChI is InChI=1S/C18H21ClN2O4S/c1-4-18(22)20-16-11-14(8-9-17(16)25-5-2)26(23,24)21-13-7-6-12(3)15(19)10-13/h6-11,21H,4-5H2,1-3H3,(H,20,22). The van der Waals surface area contributed by atoms with Crippen molar-refractivity contribution in [1.29, 1.82) is 0 Å². The van der Waals surface area contributed by atoms with Gasteiger partial charge in [0.15, 0.2) is 0 Å². The predicted octanol–water partition coefficient (Wildman–Crippen LogP) is 4.20. The summed E-state index contributed by atoms with van der Waals surface area (Å²) in [7, 11) is -3.86. The normalized spacial score (nSPS) is 11.1. The Labute approximate surface area is 158 Å². The number of sulfonamides is 1. The predicted molar refractivity (Wildman–Crippen MR) is 104 cm³/mol. The number of carbonyl (C=O) groups excluding carboxylic acids is 1. The summed E-state index contributed by atoms with van der Waals surface area (Å²) in [5.74, 6) is 0.172. The maximum Gasteiger partial charge on any atom is 0.261 e. The molecule has 0 radical (unpaired) electrons. The lowest BCUT2D eigenvalue weighted by atomic mass is 10.2. The third kappa shape index (κ3) is 4.89. The topological polar surface area (TPSA) is 84.5 Å². The highest BCUT2D eigenvalue weighted by Gasteiger charge is 2.18. The molecule has 0 aliphatic rings. The number of ether oxygens (including phenoxy) is 1. The van der Waals surface area contributed by atoms with Crippen molar-refractivity contribution >= 4 is 38.9 Å². The van der Waals surface area contributed by atoms with Crippen molar-refractivity contribution in [3.8, 4) is 5.75 Å². The molecule has 0 aliphatic heterocycles. The summed E-state index contributed by atoms with van der Waals surface area (Å²) in [6, 6.07) is 9.22. The van der Waals surface area contributed by atoms with Crippen LogP contribution >= 0.6 is 11.6 Å². The molecule has 0 aromatic heterocycles. The van der Waals surface area contributed by atoms with E-state index in [9.17, 15) is 13.2 Å². The van der Waals surface area contributed by atoms with Crippen LogP contribution in [0.2, 0.25) is 5.02 Å². The summed E-state index contributed by atoms with van der Waals surface area (Å²) < 4.78 is 33.3. The zero-order valence-corrected chi connectivity index (χ0v) is 16.4. The molecule has 8 heteroatoms. The van der Waals surface area contributed by atoms with Crippen LogP contribution in [0.4, 0.5) is 11.4 Å². The van der Waals surface area contributed by atoms with Crippen molar-refractivity contribution in [2.45, 2.75) is 32.1 Å². The molecule has 0 unspecified atom stereocenters. The number of halogens is 1. The van der Waals surface area contributed by atoms with Crippen molar-refractivity contribution in [2.24, 2.45) is 0 Å². The summed E-state index contributed by atoms with van der Waals surface area (Å²) >= 11 is 6.04. The third-order valence-corrected chi connectivity index (χ3v) is 5.37. The number of nitrogens with one attached hydrogen (secondary N) is 2. The van der Waals surface area contributed by atoms with Crippen LogP contribution < -0.4 is 14.8 Å². The summed E-state index contributed by atoms with van der Waals surface area (Å²) in [4.78, 5) is 11.7. The number of amides is 1. The lowest BCUT2D eigenvalue weighted by Gasteiger charge is -2.14. The molecule has 6 nitrogen and oxygen atoms in total. The molecule has 0 heterocycles. The molecule has 0 saturated heterocycles. The van der Waals surface area contributed by atoms with Gasteiger partial charge in [0, 0.05) is 11.4 Å². The van der Waals surface area contributed by atoms with Crippen LogP contribution in [-0.2, 0) is 14.8 Å². The van der Waals surface area contributed by atoms with Gasteiger partial charge in [-0.15, -0.1) is 0 Å². The fourth-order valence-electron chi connectivity index (χ4n) is 2.16. The molecule has 0 aliphatic carbocycles. The van der Waals surface area contributed by atoms with Crippen LogP contribution in [0.25, 0.3) is 0 Å². The maximum absolute atomic E-state index is 12.7. The highest BCUT2D eigenvalue weighted by Crippen LogP contribution is 2.29. The smallest absolute Gasteiger partial charge is 0.261 e. The second kappa shape index (κ2) is 8.42. The minimum absolute atomic E-state index is 0.00375. The van der Waals surface area contributed by atoms with Gasteiger partial charge in [-0.25, -0.2) is 8.42 Å². The first-order valence-corrected chi connectivity index (χ1v) is 9.98. The van der Waals surface area contributed by atoms with Crippen LogP contribution in [0.3, 0.4) is 0 Å². The molecule has 2 aromatic carbocycles. The lowest BCUT2D eigenvalue weighted by Crippen LogP contribution is -2.15. The summed E-state index contributed by atoms with van der Waals surface area (Å²) in [5, 5.41) is 3.13. The van der Waals surface area contributed by atoms with Crippen molar-refractivity contribution < 1.29 is 17.9 Å². The van der Waals surface area contributed by atoms with Gasteiger partial charge in [-0.05, 0) is 49.7 Å². The molecule has 0 saturated carbocycles. The van der Waals surface area contributed by atoms with Crippen molar-refractivity contribution in [3.05, 3.63) is 47.0 Å². The van der Waals surface area contributed by atoms with Gasteiger partial charge in [-0.3, -0.25) is 9.52 Å². The van der Waals surface area contributed by atoms with Gasteiger partial charge in [-0.1, -0.05) is 24.6 Å². The molecule has 26 heavy (non-hydrogen) atoms. The zero-order chi connectivity index (χ0) is 19.3. The SMILES string of the molecule is CCOc1ccc(S(=O)(=O)Nc2ccc(C)c(Cl)c2)cc1NC(=O)CC. The Morgan fingerprint density at radius 1 is 1.15 bits per heavy atom. The van der Waals surface area contributed by atoms with E-state index in [4.69, 9.17) is 16.3 Å². The van der Waals surface area contributed by atoms with E-state index in [1.165, 1.54) is 18.2 Å². The Morgan fingerprint density at radius 3 is 2.50 bits per heavy atom. The molecule has 0 spiro atoms. The van der Waals surface area contributed by atoms with Gasteiger partial charge in [0.1, 0.15) is 5.75 Å². The Balaban J connectivity index is 2.37. The number of rotatable bonds is 7. The van der Waals surface area contributed by atoms with E-state index in [-0.39, 0.29) is 17.2 Å². The third-order valence-electron chi connectivity index (χ3n) is 3.58. The van der Waals surface area contributed by atoms with E-state index in [0.717, 1.165) is 5.56 Å². The molecule has 2 rings (SSSR count). The summed E-state index contributed by atoms with van der Waals surface area (Å²) in [5.41, 5.74) is 1.51. The highest BCUT2D eigenvalue weighted by atomic mass is 35.5. The number of carbonyl (C=O) groups is 1. The van der Waals surface area contributed by atoms with Crippen LogP contribution in [0.15, 0.2) is 41.3 Å². The highest BCUT2D eigenvalue weighted by molar-refractivity contribution is 7.92.